The van der Waals surface area contributed by atoms with Crippen molar-refractivity contribution in [1.82, 2.24) is 10.6 Å². The lowest BCUT2D eigenvalue weighted by Gasteiger charge is -2.08. The third kappa shape index (κ3) is 6.17. The van der Waals surface area contributed by atoms with E-state index in [2.05, 4.69) is 52.8 Å². The fourth-order valence-electron chi connectivity index (χ4n) is 3.04. The molecule has 8 nitrogen and oxygen atoms in total. The Labute approximate surface area is 202 Å². The molecule has 2 atom stereocenters. The minimum Gasteiger partial charge on any atom is -0.386 e. The molecule has 2 N–H and O–H groups in total. The second kappa shape index (κ2) is 11.2. The van der Waals surface area contributed by atoms with E-state index in [0.29, 0.717) is 11.1 Å². The molecule has 2 aromatic rings. The van der Waals surface area contributed by atoms with Gasteiger partial charge in [-0.05, 0) is 67.3 Å². The van der Waals surface area contributed by atoms with E-state index in [-0.39, 0.29) is 24.0 Å². The number of nitrogens with zero attached hydrogens (tertiary/aromatic N) is 2. The summed E-state index contributed by atoms with van der Waals surface area (Å²) in [5.41, 5.74) is 3.32. The van der Waals surface area contributed by atoms with Gasteiger partial charge in [-0.3, -0.25) is 9.59 Å². The fourth-order valence-corrected chi connectivity index (χ4v) is 3.80. The molecule has 0 aliphatic carbocycles. The fraction of sp³-hybridized carbons (Fsp3) is 0.273. The Morgan fingerprint density at radius 2 is 1.09 bits per heavy atom. The maximum Gasteiger partial charge on any atom is 0.251 e. The van der Waals surface area contributed by atoms with Gasteiger partial charge in [0.15, 0.2) is 12.2 Å². The van der Waals surface area contributed by atoms with E-state index in [9.17, 15) is 9.59 Å². The van der Waals surface area contributed by atoms with Crippen molar-refractivity contribution in [1.29, 1.82) is 0 Å². The van der Waals surface area contributed by atoms with Crippen molar-refractivity contribution in [3.05, 3.63) is 70.8 Å². The largest absolute Gasteiger partial charge is 0.386 e. The zero-order chi connectivity index (χ0) is 23.1. The lowest BCUT2D eigenvalue weighted by Crippen LogP contribution is -2.17. The number of amides is 2. The smallest absolute Gasteiger partial charge is 0.251 e. The Balaban J connectivity index is 0.000000181. The second-order valence-electron chi connectivity index (χ2n) is 6.93. The molecule has 0 saturated carbocycles. The first-order chi connectivity index (χ1) is 15.4. The van der Waals surface area contributed by atoms with Crippen LogP contribution in [-0.4, -0.2) is 35.2 Å². The summed E-state index contributed by atoms with van der Waals surface area (Å²) in [6, 6.07) is 14.7. The summed E-state index contributed by atoms with van der Waals surface area (Å²) >= 11 is 6.57. The second-order valence-corrected chi connectivity index (χ2v) is 8.76. The van der Waals surface area contributed by atoms with Crippen LogP contribution in [0.4, 0.5) is 0 Å². The van der Waals surface area contributed by atoms with Crippen LogP contribution >= 0.6 is 31.9 Å². The lowest BCUT2D eigenvalue weighted by molar-refractivity contribution is 0.0856. The summed E-state index contributed by atoms with van der Waals surface area (Å²) in [7, 11) is 3.22. The Bertz CT molecular complexity index is 940. The molecule has 2 aromatic carbocycles. The van der Waals surface area contributed by atoms with Gasteiger partial charge in [-0.2, -0.15) is 0 Å². The third-order valence-corrected chi connectivity index (χ3v) is 5.75. The van der Waals surface area contributed by atoms with Crippen LogP contribution in [0.15, 0.2) is 58.8 Å². The average Bonchev–Trinajstić information content (AvgIpc) is 3.47. The third-order valence-electron chi connectivity index (χ3n) is 4.81. The number of benzene rings is 2. The molecule has 0 aromatic heterocycles. The molecule has 4 rings (SSSR count). The van der Waals surface area contributed by atoms with Gasteiger partial charge in [0.1, 0.15) is 9.24 Å². The zero-order valence-corrected chi connectivity index (χ0v) is 20.6. The molecule has 0 spiro atoms. The van der Waals surface area contributed by atoms with Crippen molar-refractivity contribution in [2.45, 2.75) is 25.0 Å². The van der Waals surface area contributed by atoms with E-state index in [1.54, 1.807) is 38.4 Å². The quantitative estimate of drug-likeness (QED) is 0.572. The molecule has 168 valence electrons. The van der Waals surface area contributed by atoms with E-state index >= 15 is 0 Å². The summed E-state index contributed by atoms with van der Waals surface area (Å²) in [5, 5.41) is 12.8. The molecule has 0 bridgehead atoms. The minimum absolute atomic E-state index is 0.0480. The number of carbonyl (C=O) groups is 2. The van der Waals surface area contributed by atoms with Crippen molar-refractivity contribution < 1.29 is 19.3 Å². The molecule has 0 radical (unpaired) electrons. The van der Waals surface area contributed by atoms with Gasteiger partial charge in [-0.25, -0.2) is 0 Å². The van der Waals surface area contributed by atoms with Crippen LogP contribution in [0.25, 0.3) is 0 Å². The maximum absolute atomic E-state index is 11.3. The van der Waals surface area contributed by atoms with E-state index in [1.807, 2.05) is 24.3 Å². The zero-order valence-electron chi connectivity index (χ0n) is 17.5. The first-order valence-electron chi connectivity index (χ1n) is 9.81. The minimum atomic E-state index is -0.0867. The number of hydrogen-bond donors (Lipinski definition) is 2. The van der Waals surface area contributed by atoms with Gasteiger partial charge in [0, 0.05) is 38.1 Å². The molecule has 0 unspecified atom stereocenters. The van der Waals surface area contributed by atoms with Gasteiger partial charge in [0.25, 0.3) is 11.8 Å². The number of nitrogens with one attached hydrogen (secondary N) is 2. The Morgan fingerprint density at radius 3 is 1.34 bits per heavy atom. The molecular weight excluding hydrogens is 544 g/mol. The summed E-state index contributed by atoms with van der Waals surface area (Å²) < 4.78 is 1.63. The lowest BCUT2D eigenvalue weighted by atomic mass is 10.1. The number of carbonyl (C=O) groups excluding carboxylic acids is 2. The van der Waals surface area contributed by atoms with E-state index < -0.39 is 0 Å². The monoisotopic (exact) mass is 564 g/mol. The van der Waals surface area contributed by atoms with Crippen LogP contribution in [0, 0.1) is 0 Å². The molecular formula is C22H22Br2N4O4. The van der Waals surface area contributed by atoms with Crippen LogP contribution in [0.1, 0.15) is 56.9 Å². The van der Waals surface area contributed by atoms with Crippen molar-refractivity contribution >= 4 is 52.9 Å². The van der Waals surface area contributed by atoms with Crippen LogP contribution in [0.2, 0.25) is 0 Å². The predicted molar refractivity (Wildman–Crippen MR) is 129 cm³/mol. The van der Waals surface area contributed by atoms with Gasteiger partial charge < -0.3 is 20.3 Å². The predicted octanol–water partition coefficient (Wildman–Crippen LogP) is 4.43. The molecule has 32 heavy (non-hydrogen) atoms. The summed E-state index contributed by atoms with van der Waals surface area (Å²) in [5.74, 6) is -0.173. The number of oxime groups is 2. The van der Waals surface area contributed by atoms with Crippen molar-refractivity contribution in [2.24, 2.45) is 10.3 Å². The normalized spacial score (nSPS) is 18.9. The van der Waals surface area contributed by atoms with Gasteiger partial charge in [0.2, 0.25) is 0 Å². The van der Waals surface area contributed by atoms with Crippen LogP contribution in [0.5, 0.6) is 0 Å². The van der Waals surface area contributed by atoms with Crippen LogP contribution < -0.4 is 10.6 Å². The summed E-state index contributed by atoms with van der Waals surface area (Å²) in [6.45, 7) is 0. The Hall–Kier alpha value is -2.72. The standard InChI is InChI=1S/2C11H11BrN2O2/c2*1-13-11(15)8-4-2-7(3-5-8)9-6-10(12)14-16-9/h2*2-5,9H,6H2,1H3,(H,13,15)/t2*9-/m10/s1. The highest BCUT2D eigenvalue weighted by molar-refractivity contribution is 9.18. The molecule has 2 aliphatic heterocycles. The van der Waals surface area contributed by atoms with E-state index in [4.69, 9.17) is 9.68 Å². The Morgan fingerprint density at radius 1 is 0.750 bits per heavy atom. The molecule has 0 fully saturated rings. The van der Waals surface area contributed by atoms with E-state index in [1.165, 1.54) is 0 Å². The SMILES string of the molecule is CNC(=O)c1ccc([C@@H]2CC(Br)=NO2)cc1.CNC(=O)c1ccc([C@H]2CC(Br)=NO2)cc1. The first kappa shape index (κ1) is 23.9. The van der Waals surface area contributed by atoms with Crippen molar-refractivity contribution in [3.8, 4) is 0 Å². The maximum atomic E-state index is 11.3. The molecule has 2 heterocycles. The molecule has 0 saturated heterocycles. The van der Waals surface area contributed by atoms with Crippen molar-refractivity contribution in [3.63, 3.8) is 0 Å². The van der Waals surface area contributed by atoms with Crippen molar-refractivity contribution in [2.75, 3.05) is 14.1 Å². The van der Waals surface area contributed by atoms with E-state index in [0.717, 1.165) is 33.2 Å². The highest BCUT2D eigenvalue weighted by atomic mass is 79.9. The number of hydrogen-bond acceptors (Lipinski definition) is 6. The summed E-state index contributed by atoms with van der Waals surface area (Å²) in [6.07, 6.45) is 1.37. The Kier molecular flexibility index (Phi) is 8.40. The molecule has 10 heteroatoms. The average molecular weight is 566 g/mol. The highest BCUT2D eigenvalue weighted by Gasteiger charge is 2.22. The van der Waals surface area contributed by atoms with Gasteiger partial charge in [0.05, 0.1) is 0 Å². The van der Waals surface area contributed by atoms with Gasteiger partial charge in [-0.15, -0.1) is 0 Å². The van der Waals surface area contributed by atoms with Crippen LogP contribution in [-0.2, 0) is 9.68 Å². The number of rotatable bonds is 4. The van der Waals surface area contributed by atoms with Gasteiger partial charge in [-0.1, -0.05) is 34.6 Å². The number of halogens is 2. The first-order valence-corrected chi connectivity index (χ1v) is 11.4. The molecule has 2 amide bonds. The highest BCUT2D eigenvalue weighted by Crippen LogP contribution is 2.29. The summed E-state index contributed by atoms with van der Waals surface area (Å²) in [4.78, 5) is 33.1. The molecule has 2 aliphatic rings. The van der Waals surface area contributed by atoms with Crippen LogP contribution in [0.3, 0.4) is 0 Å². The topological polar surface area (TPSA) is 101 Å². The van der Waals surface area contributed by atoms with Gasteiger partial charge >= 0.3 is 0 Å².